The second kappa shape index (κ2) is 11.6. The number of rotatable bonds is 8. The number of carbonyl (C=O) groups excluding carboxylic acids is 1. The highest BCUT2D eigenvalue weighted by Crippen LogP contribution is 2.11. The number of nitrogens with zero attached hydrogens (tertiary/aromatic N) is 1. The lowest BCUT2D eigenvalue weighted by Crippen LogP contribution is -2.38. The van der Waals surface area contributed by atoms with E-state index < -0.39 is 0 Å². The van der Waals surface area contributed by atoms with Gasteiger partial charge in [-0.2, -0.15) is 0 Å². The molecule has 0 spiro atoms. The summed E-state index contributed by atoms with van der Waals surface area (Å²) in [5.74, 6) is 1.56. The molecule has 0 saturated heterocycles. The molecule has 2 rings (SSSR count). The largest absolute Gasteiger partial charge is 0.492 e. The maximum absolute atomic E-state index is 11.7. The maximum atomic E-state index is 11.7. The number of ether oxygens (including phenoxy) is 1. The number of hydrogen-bond donors (Lipinski definition) is 4. The number of aryl methyl sites for hydroxylation is 1. The molecule has 0 fully saturated rings. The van der Waals surface area contributed by atoms with Gasteiger partial charge in [-0.3, -0.25) is 4.99 Å². The molecule has 0 heterocycles. The number of carbonyl (C=O) groups is 1. The second-order valence-electron chi connectivity index (χ2n) is 6.96. The van der Waals surface area contributed by atoms with Crippen molar-refractivity contribution < 1.29 is 9.53 Å². The normalized spacial score (nSPS) is 11.1. The molecule has 156 valence electrons. The Morgan fingerprint density at radius 3 is 2.34 bits per heavy atom. The van der Waals surface area contributed by atoms with Gasteiger partial charge in [0.25, 0.3) is 0 Å². The van der Waals surface area contributed by atoms with Gasteiger partial charge in [-0.1, -0.05) is 29.8 Å². The van der Waals surface area contributed by atoms with E-state index in [9.17, 15) is 4.79 Å². The number of benzene rings is 2. The lowest BCUT2D eigenvalue weighted by molar-refractivity contribution is 0.250. The topological polar surface area (TPSA) is 86.8 Å². The van der Waals surface area contributed by atoms with Gasteiger partial charge < -0.3 is 26.0 Å². The number of amides is 2. The van der Waals surface area contributed by atoms with Crippen molar-refractivity contribution >= 4 is 17.7 Å². The van der Waals surface area contributed by atoms with Crippen molar-refractivity contribution in [2.45, 2.75) is 33.4 Å². The van der Waals surface area contributed by atoms with Crippen LogP contribution in [0.4, 0.5) is 10.5 Å². The molecule has 7 heteroatoms. The van der Waals surface area contributed by atoms with Crippen molar-refractivity contribution in [3.63, 3.8) is 0 Å². The van der Waals surface area contributed by atoms with E-state index in [1.807, 2.05) is 62.4 Å². The van der Waals surface area contributed by atoms with Crippen molar-refractivity contribution in [1.82, 2.24) is 16.0 Å². The first-order chi connectivity index (χ1) is 14.0. The van der Waals surface area contributed by atoms with Crippen LogP contribution in [0.25, 0.3) is 0 Å². The monoisotopic (exact) mass is 397 g/mol. The highest BCUT2D eigenvalue weighted by molar-refractivity contribution is 5.89. The Balaban J connectivity index is 1.70. The van der Waals surface area contributed by atoms with E-state index in [-0.39, 0.29) is 12.1 Å². The fourth-order valence-corrected chi connectivity index (χ4v) is 2.51. The first kappa shape index (κ1) is 22.1. The molecule has 4 N–H and O–H groups in total. The van der Waals surface area contributed by atoms with Gasteiger partial charge in [0.15, 0.2) is 5.96 Å². The highest BCUT2D eigenvalue weighted by Gasteiger charge is 2.04. The van der Waals surface area contributed by atoms with Crippen molar-refractivity contribution in [3.8, 4) is 5.75 Å². The molecule has 0 saturated carbocycles. The van der Waals surface area contributed by atoms with E-state index in [1.54, 1.807) is 7.05 Å². The minimum absolute atomic E-state index is 0.0972. The molecular weight excluding hydrogens is 366 g/mol. The predicted octanol–water partition coefficient (Wildman–Crippen LogP) is 3.27. The number of urea groups is 1. The zero-order chi connectivity index (χ0) is 21.1. The molecule has 0 aliphatic rings. The van der Waals surface area contributed by atoms with Crippen LogP contribution in [-0.4, -0.2) is 38.2 Å². The molecule has 7 nitrogen and oxygen atoms in total. The quantitative estimate of drug-likeness (QED) is 0.313. The third-order valence-corrected chi connectivity index (χ3v) is 4.00. The van der Waals surface area contributed by atoms with Crippen molar-refractivity contribution in [2.24, 2.45) is 4.99 Å². The Bertz CT molecular complexity index is 786. The number of guanidine groups is 1. The van der Waals surface area contributed by atoms with Crippen LogP contribution in [0.3, 0.4) is 0 Å². The number of hydrogen-bond acceptors (Lipinski definition) is 3. The van der Waals surface area contributed by atoms with Gasteiger partial charge in [0.1, 0.15) is 12.4 Å². The Hall–Kier alpha value is -3.22. The summed E-state index contributed by atoms with van der Waals surface area (Å²) in [6.07, 6.45) is 0. The Morgan fingerprint density at radius 1 is 1.03 bits per heavy atom. The van der Waals surface area contributed by atoms with Gasteiger partial charge in [-0.25, -0.2) is 4.79 Å². The minimum Gasteiger partial charge on any atom is -0.492 e. The highest BCUT2D eigenvalue weighted by atomic mass is 16.5. The first-order valence-corrected chi connectivity index (χ1v) is 9.76. The van der Waals surface area contributed by atoms with E-state index in [2.05, 4.69) is 33.2 Å². The fraction of sp³-hybridized carbons (Fsp3) is 0.364. The zero-order valence-electron chi connectivity index (χ0n) is 17.6. The van der Waals surface area contributed by atoms with Crippen LogP contribution in [0, 0.1) is 6.92 Å². The zero-order valence-corrected chi connectivity index (χ0v) is 17.6. The maximum Gasteiger partial charge on any atom is 0.319 e. The third-order valence-electron chi connectivity index (χ3n) is 4.00. The van der Waals surface area contributed by atoms with E-state index >= 15 is 0 Å². The first-order valence-electron chi connectivity index (χ1n) is 9.76. The summed E-state index contributed by atoms with van der Waals surface area (Å²) in [6.45, 7) is 7.70. The molecule has 0 aromatic heterocycles. The predicted molar refractivity (Wildman–Crippen MR) is 119 cm³/mol. The molecule has 29 heavy (non-hydrogen) atoms. The lowest BCUT2D eigenvalue weighted by atomic mass is 10.2. The molecule has 0 bridgehead atoms. The third kappa shape index (κ3) is 8.55. The van der Waals surface area contributed by atoms with Crippen LogP contribution >= 0.6 is 0 Å². The smallest absolute Gasteiger partial charge is 0.319 e. The summed E-state index contributed by atoms with van der Waals surface area (Å²) >= 11 is 0. The average Bonchev–Trinajstić information content (AvgIpc) is 2.69. The summed E-state index contributed by atoms with van der Waals surface area (Å²) in [6, 6.07) is 15.6. The second-order valence-corrected chi connectivity index (χ2v) is 6.96. The standard InChI is InChI=1S/C22H31N5O2/c1-16(2)26-22(28)27-19-9-7-18(8-10-19)15-25-21(23-4)24-13-14-29-20-11-5-17(3)6-12-20/h5-12,16H,13-15H2,1-4H3,(H2,23,24,25)(H2,26,27,28). The molecule has 0 aliphatic carbocycles. The lowest BCUT2D eigenvalue weighted by Gasteiger charge is -2.13. The van der Waals surface area contributed by atoms with Crippen LogP contribution in [0.5, 0.6) is 5.75 Å². The Morgan fingerprint density at radius 2 is 1.72 bits per heavy atom. The summed E-state index contributed by atoms with van der Waals surface area (Å²) < 4.78 is 5.70. The van der Waals surface area contributed by atoms with Gasteiger partial charge in [0, 0.05) is 25.3 Å². The summed E-state index contributed by atoms with van der Waals surface area (Å²) in [7, 11) is 1.73. The van der Waals surface area contributed by atoms with Gasteiger partial charge in [0.2, 0.25) is 0 Å². The minimum atomic E-state index is -0.205. The van der Waals surface area contributed by atoms with Crippen molar-refractivity contribution in [3.05, 3.63) is 59.7 Å². The summed E-state index contributed by atoms with van der Waals surface area (Å²) in [4.78, 5) is 15.9. The molecule has 2 aromatic carbocycles. The van der Waals surface area contributed by atoms with E-state index in [0.29, 0.717) is 25.7 Å². The number of nitrogens with one attached hydrogen (secondary N) is 4. The number of anilines is 1. The molecule has 0 radical (unpaired) electrons. The van der Waals surface area contributed by atoms with Crippen LogP contribution < -0.4 is 26.0 Å². The summed E-state index contributed by atoms with van der Waals surface area (Å²) in [5, 5.41) is 12.1. The molecule has 0 aliphatic heterocycles. The SMILES string of the molecule is CN=C(NCCOc1ccc(C)cc1)NCc1ccc(NC(=O)NC(C)C)cc1. The van der Waals surface area contributed by atoms with Crippen molar-refractivity contribution in [1.29, 1.82) is 0 Å². The number of aliphatic imine (C=N–C) groups is 1. The van der Waals surface area contributed by atoms with Gasteiger partial charge in [-0.05, 0) is 50.6 Å². The molecule has 2 aromatic rings. The van der Waals surface area contributed by atoms with Gasteiger partial charge in [0.05, 0.1) is 6.54 Å². The van der Waals surface area contributed by atoms with Crippen LogP contribution in [0.15, 0.2) is 53.5 Å². The Kier molecular flexibility index (Phi) is 8.82. The molecule has 2 amide bonds. The van der Waals surface area contributed by atoms with Gasteiger partial charge in [-0.15, -0.1) is 0 Å². The molecule has 0 atom stereocenters. The van der Waals surface area contributed by atoms with E-state index in [0.717, 1.165) is 17.0 Å². The van der Waals surface area contributed by atoms with Crippen LogP contribution in [-0.2, 0) is 6.54 Å². The van der Waals surface area contributed by atoms with Gasteiger partial charge >= 0.3 is 6.03 Å². The van der Waals surface area contributed by atoms with Crippen LogP contribution in [0.1, 0.15) is 25.0 Å². The van der Waals surface area contributed by atoms with E-state index in [4.69, 9.17) is 4.74 Å². The van der Waals surface area contributed by atoms with E-state index in [1.165, 1.54) is 5.56 Å². The van der Waals surface area contributed by atoms with Crippen LogP contribution in [0.2, 0.25) is 0 Å². The van der Waals surface area contributed by atoms with Crippen molar-refractivity contribution in [2.75, 3.05) is 25.5 Å². The summed E-state index contributed by atoms with van der Waals surface area (Å²) in [5.41, 5.74) is 3.05. The molecule has 0 unspecified atom stereocenters. The fourth-order valence-electron chi connectivity index (χ4n) is 2.51. The average molecular weight is 398 g/mol. The molecular formula is C22H31N5O2. The Labute approximate surface area is 173 Å².